The Bertz CT molecular complexity index is 447. The van der Waals surface area contributed by atoms with Gasteiger partial charge in [-0.3, -0.25) is 0 Å². The molecule has 1 aromatic carbocycles. The van der Waals surface area contributed by atoms with Crippen LogP contribution in [0.5, 0.6) is 11.5 Å². The molecular weight excluding hydrogens is 254 g/mol. The van der Waals surface area contributed by atoms with E-state index >= 15 is 0 Å². The van der Waals surface area contributed by atoms with E-state index in [-0.39, 0.29) is 0 Å². The van der Waals surface area contributed by atoms with Gasteiger partial charge in [0, 0.05) is 24.4 Å². The molecular formula is C16H23NO3. The van der Waals surface area contributed by atoms with E-state index in [9.17, 15) is 0 Å². The lowest BCUT2D eigenvalue weighted by atomic mass is 10.00. The minimum absolute atomic E-state index is 0.406. The predicted octanol–water partition coefficient (Wildman–Crippen LogP) is 3.22. The molecule has 0 saturated carbocycles. The maximum absolute atomic E-state index is 5.79. The van der Waals surface area contributed by atoms with Crippen molar-refractivity contribution in [3.63, 3.8) is 0 Å². The van der Waals surface area contributed by atoms with Gasteiger partial charge < -0.3 is 19.5 Å². The largest absolute Gasteiger partial charge is 0.486 e. The molecule has 0 amide bonds. The Labute approximate surface area is 120 Å². The van der Waals surface area contributed by atoms with Gasteiger partial charge in [0.05, 0.1) is 6.10 Å². The highest BCUT2D eigenvalue weighted by molar-refractivity contribution is 5.55. The van der Waals surface area contributed by atoms with E-state index < -0.39 is 0 Å². The quantitative estimate of drug-likeness (QED) is 0.917. The normalized spacial score (nSPS) is 25.2. The van der Waals surface area contributed by atoms with Gasteiger partial charge in [-0.25, -0.2) is 0 Å². The molecule has 2 aliphatic heterocycles. The van der Waals surface area contributed by atoms with Gasteiger partial charge in [-0.2, -0.15) is 0 Å². The number of anilines is 1. The van der Waals surface area contributed by atoms with Crippen LogP contribution in [-0.4, -0.2) is 32.0 Å². The molecule has 110 valence electrons. The van der Waals surface area contributed by atoms with Crippen LogP contribution in [0, 0.1) is 0 Å². The van der Waals surface area contributed by atoms with Crippen LogP contribution in [0.25, 0.3) is 0 Å². The lowest BCUT2D eigenvalue weighted by Gasteiger charge is -2.31. The van der Waals surface area contributed by atoms with Gasteiger partial charge in [-0.1, -0.05) is 13.3 Å². The summed E-state index contributed by atoms with van der Waals surface area (Å²) in [5.41, 5.74) is 1.11. The van der Waals surface area contributed by atoms with Crippen molar-refractivity contribution in [2.24, 2.45) is 0 Å². The molecule has 1 N–H and O–H groups in total. The fraction of sp³-hybridized carbons (Fsp3) is 0.625. The monoisotopic (exact) mass is 277 g/mol. The average Bonchev–Trinajstić information content (AvgIpc) is 2.48. The number of fused-ring (bicyclic) bond motifs is 1. The maximum Gasteiger partial charge on any atom is 0.163 e. The van der Waals surface area contributed by atoms with Gasteiger partial charge in [0.1, 0.15) is 13.2 Å². The molecule has 0 bridgehead atoms. The van der Waals surface area contributed by atoms with Gasteiger partial charge >= 0.3 is 0 Å². The van der Waals surface area contributed by atoms with Gasteiger partial charge in [0.25, 0.3) is 0 Å². The summed E-state index contributed by atoms with van der Waals surface area (Å²) in [6.45, 7) is 4.33. The average molecular weight is 277 g/mol. The summed E-state index contributed by atoms with van der Waals surface area (Å²) in [5.74, 6) is 1.69. The van der Waals surface area contributed by atoms with Crippen LogP contribution >= 0.6 is 0 Å². The zero-order chi connectivity index (χ0) is 13.8. The van der Waals surface area contributed by atoms with E-state index in [1.54, 1.807) is 0 Å². The molecule has 2 heterocycles. The summed E-state index contributed by atoms with van der Waals surface area (Å²) >= 11 is 0. The van der Waals surface area contributed by atoms with Crippen molar-refractivity contribution < 1.29 is 14.2 Å². The Hall–Kier alpha value is -1.42. The number of ether oxygens (including phenoxy) is 3. The summed E-state index contributed by atoms with van der Waals surface area (Å²) in [4.78, 5) is 0. The van der Waals surface area contributed by atoms with Crippen LogP contribution in [0.15, 0.2) is 18.2 Å². The summed E-state index contributed by atoms with van der Waals surface area (Å²) in [7, 11) is 0. The number of hydrogen-bond acceptors (Lipinski definition) is 4. The molecule has 0 radical (unpaired) electrons. The van der Waals surface area contributed by atoms with Crippen molar-refractivity contribution in [1.82, 2.24) is 0 Å². The van der Waals surface area contributed by atoms with Crippen LogP contribution in [0.2, 0.25) is 0 Å². The van der Waals surface area contributed by atoms with Gasteiger partial charge in [0.2, 0.25) is 0 Å². The Morgan fingerprint density at radius 2 is 2.00 bits per heavy atom. The van der Waals surface area contributed by atoms with Crippen LogP contribution in [0.3, 0.4) is 0 Å². The van der Waals surface area contributed by atoms with E-state index in [0.29, 0.717) is 25.4 Å². The number of nitrogens with one attached hydrogen (secondary N) is 1. The molecule has 1 fully saturated rings. The first-order valence-electron chi connectivity index (χ1n) is 7.63. The Balaban J connectivity index is 1.62. The van der Waals surface area contributed by atoms with Crippen molar-refractivity contribution in [2.45, 2.75) is 44.8 Å². The molecule has 2 unspecified atom stereocenters. The van der Waals surface area contributed by atoms with Crippen LogP contribution < -0.4 is 14.8 Å². The highest BCUT2D eigenvalue weighted by Gasteiger charge is 2.22. The lowest BCUT2D eigenvalue weighted by Crippen LogP contribution is -2.34. The molecule has 1 saturated heterocycles. The second-order valence-electron chi connectivity index (χ2n) is 5.51. The SMILES string of the molecule is CCCC1CC(Nc2ccc3c(c2)OCCO3)CCO1. The Morgan fingerprint density at radius 3 is 2.85 bits per heavy atom. The molecule has 0 aromatic heterocycles. The third kappa shape index (κ3) is 3.18. The molecule has 4 heteroatoms. The number of rotatable bonds is 4. The molecule has 20 heavy (non-hydrogen) atoms. The molecule has 0 spiro atoms. The smallest absolute Gasteiger partial charge is 0.163 e. The number of hydrogen-bond donors (Lipinski definition) is 1. The van der Waals surface area contributed by atoms with Crippen molar-refractivity contribution in [3.05, 3.63) is 18.2 Å². The highest BCUT2D eigenvalue weighted by atomic mass is 16.6. The second-order valence-corrected chi connectivity index (χ2v) is 5.51. The van der Waals surface area contributed by atoms with Crippen LogP contribution in [0.4, 0.5) is 5.69 Å². The summed E-state index contributed by atoms with van der Waals surface area (Å²) < 4.78 is 17.0. The summed E-state index contributed by atoms with van der Waals surface area (Å²) in [6.07, 6.45) is 4.89. The minimum atomic E-state index is 0.406. The third-order valence-electron chi connectivity index (χ3n) is 3.89. The standard InChI is InChI=1S/C16H23NO3/c1-2-3-14-10-13(6-7-18-14)17-12-4-5-15-16(11-12)20-9-8-19-15/h4-5,11,13-14,17H,2-3,6-10H2,1H3. The number of benzene rings is 1. The zero-order valence-corrected chi connectivity index (χ0v) is 12.1. The summed E-state index contributed by atoms with van der Waals surface area (Å²) in [5, 5.41) is 3.60. The molecule has 1 aromatic rings. The van der Waals surface area contributed by atoms with E-state index in [1.807, 2.05) is 12.1 Å². The van der Waals surface area contributed by atoms with Crippen molar-refractivity contribution >= 4 is 5.69 Å². The van der Waals surface area contributed by atoms with Crippen molar-refractivity contribution in [3.8, 4) is 11.5 Å². The predicted molar refractivity (Wildman–Crippen MR) is 78.7 cm³/mol. The fourth-order valence-electron chi connectivity index (χ4n) is 2.90. The zero-order valence-electron chi connectivity index (χ0n) is 12.1. The van der Waals surface area contributed by atoms with Gasteiger partial charge in [0.15, 0.2) is 11.5 Å². The topological polar surface area (TPSA) is 39.7 Å². The van der Waals surface area contributed by atoms with Crippen molar-refractivity contribution in [2.75, 3.05) is 25.1 Å². The van der Waals surface area contributed by atoms with Gasteiger partial charge in [-0.05, 0) is 31.4 Å². The second kappa shape index (κ2) is 6.35. The Morgan fingerprint density at radius 1 is 1.15 bits per heavy atom. The van der Waals surface area contributed by atoms with Crippen LogP contribution in [0.1, 0.15) is 32.6 Å². The van der Waals surface area contributed by atoms with Crippen molar-refractivity contribution in [1.29, 1.82) is 0 Å². The van der Waals surface area contributed by atoms with Gasteiger partial charge in [-0.15, -0.1) is 0 Å². The summed E-state index contributed by atoms with van der Waals surface area (Å²) in [6, 6.07) is 6.58. The first-order chi connectivity index (χ1) is 9.85. The first-order valence-corrected chi connectivity index (χ1v) is 7.63. The minimum Gasteiger partial charge on any atom is -0.486 e. The Kier molecular flexibility index (Phi) is 4.31. The molecule has 4 nitrogen and oxygen atoms in total. The maximum atomic E-state index is 5.79. The van der Waals surface area contributed by atoms with E-state index in [0.717, 1.165) is 43.1 Å². The fourth-order valence-corrected chi connectivity index (χ4v) is 2.90. The van der Waals surface area contributed by atoms with E-state index in [1.165, 1.54) is 6.42 Å². The molecule has 0 aliphatic carbocycles. The first kappa shape index (κ1) is 13.6. The highest BCUT2D eigenvalue weighted by Crippen LogP contribution is 2.33. The third-order valence-corrected chi connectivity index (χ3v) is 3.89. The lowest BCUT2D eigenvalue weighted by molar-refractivity contribution is 0.00597. The van der Waals surface area contributed by atoms with Crippen LogP contribution in [-0.2, 0) is 4.74 Å². The van der Waals surface area contributed by atoms with E-state index in [2.05, 4.69) is 18.3 Å². The van der Waals surface area contributed by atoms with E-state index in [4.69, 9.17) is 14.2 Å². The molecule has 3 rings (SSSR count). The molecule has 2 atom stereocenters. The molecule has 2 aliphatic rings.